The number of hydrogen-bond donors (Lipinski definition) is 2. The SMILES string of the molecule is Cc1ccc(Nc2nccc(Nc3c(C)c(C)nn3C)n2)cc1S(=O)(=O)C(C)C. The van der Waals surface area contributed by atoms with Crippen molar-refractivity contribution >= 4 is 33.1 Å². The fourth-order valence-corrected chi connectivity index (χ4v) is 4.23. The number of aryl methyl sites for hydroxylation is 3. The Morgan fingerprint density at radius 3 is 2.41 bits per heavy atom. The summed E-state index contributed by atoms with van der Waals surface area (Å²) in [5.74, 6) is 1.83. The molecule has 0 aliphatic rings. The van der Waals surface area contributed by atoms with Gasteiger partial charge in [-0.1, -0.05) is 6.07 Å². The van der Waals surface area contributed by atoms with Crippen LogP contribution in [0.4, 0.5) is 23.3 Å². The van der Waals surface area contributed by atoms with Crippen LogP contribution in [0, 0.1) is 20.8 Å². The lowest BCUT2D eigenvalue weighted by Crippen LogP contribution is -2.15. The molecule has 8 nitrogen and oxygen atoms in total. The van der Waals surface area contributed by atoms with Crippen LogP contribution in [0.15, 0.2) is 35.4 Å². The van der Waals surface area contributed by atoms with Gasteiger partial charge in [0.1, 0.15) is 11.6 Å². The Balaban J connectivity index is 1.88. The van der Waals surface area contributed by atoms with Gasteiger partial charge in [0.2, 0.25) is 5.95 Å². The third kappa shape index (κ3) is 4.24. The van der Waals surface area contributed by atoms with Gasteiger partial charge in [0.05, 0.1) is 15.8 Å². The molecule has 9 heteroatoms. The standard InChI is InChI=1S/C20H26N6O2S/c1-12(2)29(27,28)17-11-16(8-7-13(17)3)22-20-21-10-9-18(24-20)23-19-14(4)15(5)25-26(19)6/h7-12H,1-6H3,(H2,21,22,23,24). The highest BCUT2D eigenvalue weighted by molar-refractivity contribution is 7.92. The number of sulfone groups is 1. The van der Waals surface area contributed by atoms with E-state index in [1.807, 2.05) is 27.0 Å². The first-order valence-electron chi connectivity index (χ1n) is 9.31. The molecule has 0 saturated carbocycles. The van der Waals surface area contributed by atoms with E-state index in [1.54, 1.807) is 49.8 Å². The van der Waals surface area contributed by atoms with Crippen LogP contribution in [0.3, 0.4) is 0 Å². The minimum atomic E-state index is -3.38. The van der Waals surface area contributed by atoms with E-state index in [1.165, 1.54) is 0 Å². The molecule has 0 bridgehead atoms. The maximum absolute atomic E-state index is 12.6. The quantitative estimate of drug-likeness (QED) is 0.632. The average Bonchev–Trinajstić information content (AvgIpc) is 2.89. The number of benzene rings is 1. The van der Waals surface area contributed by atoms with Crippen LogP contribution >= 0.6 is 0 Å². The molecule has 3 aromatic rings. The van der Waals surface area contributed by atoms with E-state index >= 15 is 0 Å². The Bertz CT molecular complexity index is 1150. The Kier molecular flexibility index (Phi) is 5.61. The van der Waals surface area contributed by atoms with E-state index in [0.29, 0.717) is 27.9 Å². The van der Waals surface area contributed by atoms with Crippen molar-refractivity contribution in [1.82, 2.24) is 19.7 Å². The summed E-state index contributed by atoms with van der Waals surface area (Å²) in [5.41, 5.74) is 3.31. The van der Waals surface area contributed by atoms with Gasteiger partial charge >= 0.3 is 0 Å². The minimum Gasteiger partial charge on any atom is -0.325 e. The van der Waals surface area contributed by atoms with Crippen molar-refractivity contribution in [2.45, 2.75) is 44.8 Å². The molecule has 0 amide bonds. The molecular formula is C20H26N6O2S. The number of aromatic nitrogens is 4. The first-order chi connectivity index (χ1) is 13.6. The summed E-state index contributed by atoms with van der Waals surface area (Å²) in [6.07, 6.45) is 1.64. The molecule has 1 aromatic carbocycles. The predicted molar refractivity (Wildman–Crippen MR) is 115 cm³/mol. The highest BCUT2D eigenvalue weighted by Gasteiger charge is 2.21. The Hall–Kier alpha value is -2.94. The van der Waals surface area contributed by atoms with Crippen molar-refractivity contribution in [2.24, 2.45) is 7.05 Å². The molecule has 2 aromatic heterocycles. The zero-order valence-electron chi connectivity index (χ0n) is 17.5. The van der Waals surface area contributed by atoms with Crippen LogP contribution in [-0.2, 0) is 16.9 Å². The zero-order valence-corrected chi connectivity index (χ0v) is 18.3. The summed E-state index contributed by atoms with van der Waals surface area (Å²) in [6, 6.07) is 6.98. The highest BCUT2D eigenvalue weighted by atomic mass is 32.2. The Morgan fingerprint density at radius 1 is 1.07 bits per heavy atom. The maximum atomic E-state index is 12.6. The normalized spacial score (nSPS) is 11.7. The van der Waals surface area contributed by atoms with Gasteiger partial charge in [-0.15, -0.1) is 0 Å². The molecule has 0 aliphatic carbocycles. The second kappa shape index (κ2) is 7.82. The van der Waals surface area contributed by atoms with Crippen molar-refractivity contribution in [3.63, 3.8) is 0 Å². The number of hydrogen-bond acceptors (Lipinski definition) is 7. The van der Waals surface area contributed by atoms with Crippen LogP contribution in [0.5, 0.6) is 0 Å². The van der Waals surface area contributed by atoms with Crippen molar-refractivity contribution in [2.75, 3.05) is 10.6 Å². The summed E-state index contributed by atoms with van der Waals surface area (Å²) in [4.78, 5) is 9.03. The van der Waals surface area contributed by atoms with Crippen molar-refractivity contribution in [3.8, 4) is 0 Å². The topological polar surface area (TPSA) is 102 Å². The van der Waals surface area contributed by atoms with Crippen LogP contribution < -0.4 is 10.6 Å². The molecule has 0 atom stereocenters. The summed E-state index contributed by atoms with van der Waals surface area (Å²) in [5, 5.41) is 10.3. The largest absolute Gasteiger partial charge is 0.325 e. The van der Waals surface area contributed by atoms with Gasteiger partial charge in [-0.25, -0.2) is 13.4 Å². The molecule has 154 valence electrons. The van der Waals surface area contributed by atoms with Gasteiger partial charge in [-0.3, -0.25) is 4.68 Å². The predicted octanol–water partition coefficient (Wildman–Crippen LogP) is 3.80. The Labute approximate surface area is 171 Å². The number of anilines is 4. The minimum absolute atomic E-state index is 0.313. The highest BCUT2D eigenvalue weighted by Crippen LogP contribution is 2.26. The first-order valence-corrected chi connectivity index (χ1v) is 10.9. The monoisotopic (exact) mass is 414 g/mol. The summed E-state index contributed by atoms with van der Waals surface area (Å²) in [7, 11) is -1.51. The van der Waals surface area contributed by atoms with E-state index in [0.717, 1.165) is 17.1 Å². The van der Waals surface area contributed by atoms with E-state index in [2.05, 4.69) is 25.7 Å². The van der Waals surface area contributed by atoms with Gasteiger partial charge in [0, 0.05) is 24.5 Å². The molecule has 29 heavy (non-hydrogen) atoms. The molecule has 0 fully saturated rings. The molecular weight excluding hydrogens is 388 g/mol. The van der Waals surface area contributed by atoms with Crippen LogP contribution in [0.25, 0.3) is 0 Å². The van der Waals surface area contributed by atoms with Crippen molar-refractivity contribution in [3.05, 3.63) is 47.3 Å². The number of rotatable bonds is 6. The molecule has 0 spiro atoms. The fourth-order valence-electron chi connectivity index (χ4n) is 2.92. The smallest absolute Gasteiger partial charge is 0.229 e. The lowest BCUT2D eigenvalue weighted by atomic mass is 10.2. The molecule has 0 unspecified atom stereocenters. The lowest BCUT2D eigenvalue weighted by Gasteiger charge is -2.13. The van der Waals surface area contributed by atoms with Gasteiger partial charge in [-0.05, 0) is 58.4 Å². The third-order valence-corrected chi connectivity index (χ3v) is 7.09. The molecule has 0 radical (unpaired) electrons. The maximum Gasteiger partial charge on any atom is 0.229 e. The second-order valence-corrected chi connectivity index (χ2v) is 9.74. The molecule has 0 aliphatic heterocycles. The molecule has 3 rings (SSSR count). The number of nitrogens with one attached hydrogen (secondary N) is 2. The molecule has 2 N–H and O–H groups in total. The average molecular weight is 415 g/mol. The van der Waals surface area contributed by atoms with Gasteiger partial charge in [0.15, 0.2) is 9.84 Å². The summed E-state index contributed by atoms with van der Waals surface area (Å²) >= 11 is 0. The Morgan fingerprint density at radius 2 is 1.79 bits per heavy atom. The second-order valence-electron chi connectivity index (χ2n) is 7.27. The van der Waals surface area contributed by atoms with Gasteiger partial charge in [-0.2, -0.15) is 10.1 Å². The lowest BCUT2D eigenvalue weighted by molar-refractivity contribution is 0.587. The molecule has 0 saturated heterocycles. The van der Waals surface area contributed by atoms with E-state index < -0.39 is 15.1 Å². The summed E-state index contributed by atoms with van der Waals surface area (Å²) < 4.78 is 27.0. The van der Waals surface area contributed by atoms with E-state index in [-0.39, 0.29) is 0 Å². The third-order valence-electron chi connectivity index (χ3n) is 4.79. The van der Waals surface area contributed by atoms with E-state index in [4.69, 9.17) is 0 Å². The molecule has 2 heterocycles. The van der Waals surface area contributed by atoms with Crippen LogP contribution in [-0.4, -0.2) is 33.4 Å². The first kappa shape index (κ1) is 20.8. The number of nitrogens with zero attached hydrogens (tertiary/aromatic N) is 4. The summed E-state index contributed by atoms with van der Waals surface area (Å²) in [6.45, 7) is 9.09. The van der Waals surface area contributed by atoms with Gasteiger partial charge < -0.3 is 10.6 Å². The fraction of sp³-hybridized carbons (Fsp3) is 0.350. The van der Waals surface area contributed by atoms with Gasteiger partial charge in [0.25, 0.3) is 0 Å². The van der Waals surface area contributed by atoms with Crippen LogP contribution in [0.1, 0.15) is 30.7 Å². The van der Waals surface area contributed by atoms with Crippen molar-refractivity contribution < 1.29 is 8.42 Å². The zero-order chi connectivity index (χ0) is 21.3. The van der Waals surface area contributed by atoms with Crippen LogP contribution in [0.2, 0.25) is 0 Å². The van der Waals surface area contributed by atoms with Crippen molar-refractivity contribution in [1.29, 1.82) is 0 Å². The van der Waals surface area contributed by atoms with E-state index in [9.17, 15) is 8.42 Å².